The number of nitrogens with zero attached hydrogens (tertiary/aromatic N) is 2. The van der Waals surface area contributed by atoms with Crippen molar-refractivity contribution < 1.29 is 14.5 Å². The summed E-state index contributed by atoms with van der Waals surface area (Å²) in [6, 6.07) is 1.71. The van der Waals surface area contributed by atoms with Crippen molar-refractivity contribution in [1.82, 2.24) is 4.98 Å². The Labute approximate surface area is 118 Å². The Kier molecular flexibility index (Phi) is 2.93. The van der Waals surface area contributed by atoms with Gasteiger partial charge >= 0.3 is 5.03 Å². The van der Waals surface area contributed by atoms with Gasteiger partial charge in [-0.05, 0) is 29.8 Å². The number of thioether (sulfide) groups is 1. The highest BCUT2D eigenvalue weighted by molar-refractivity contribution is 8.04. The molecule has 7 heteroatoms. The maximum absolute atomic E-state index is 12.5. The maximum Gasteiger partial charge on any atom is 0.300 e. The molecule has 2 aliphatic rings. The Morgan fingerprint density at radius 1 is 1.40 bits per heavy atom. The fourth-order valence-electron chi connectivity index (χ4n) is 2.58. The molecule has 2 unspecified atom stereocenters. The first-order chi connectivity index (χ1) is 9.54. The van der Waals surface area contributed by atoms with Gasteiger partial charge in [-0.3, -0.25) is 24.7 Å². The third-order valence-corrected chi connectivity index (χ3v) is 4.82. The maximum atomic E-state index is 12.5. The number of rotatable bonds is 2. The lowest BCUT2D eigenvalue weighted by molar-refractivity contribution is -0.410. The number of pyridine rings is 1. The summed E-state index contributed by atoms with van der Waals surface area (Å²) in [6.45, 7) is 1.89. The number of hydrogen-bond donors (Lipinski definition) is 0. The van der Waals surface area contributed by atoms with Crippen molar-refractivity contribution in [3.8, 4) is 0 Å². The molecular weight excluding hydrogens is 280 g/mol. The molecular formula is C13H10N2O4S. The molecule has 2 atom stereocenters. The molecule has 102 valence electrons. The fraction of sp³-hybridized carbons (Fsp3) is 0.308. The SMILES string of the molecule is CCc1ccnc2c1C(=O)C1SC([N+](=O)[O-])=CC1C2=O. The molecule has 2 heterocycles. The average Bonchev–Trinajstić information content (AvgIpc) is 2.89. The summed E-state index contributed by atoms with van der Waals surface area (Å²) in [5.74, 6) is -1.29. The number of ketones is 2. The van der Waals surface area contributed by atoms with Crippen LogP contribution in [0.25, 0.3) is 0 Å². The van der Waals surface area contributed by atoms with Gasteiger partial charge < -0.3 is 0 Å². The summed E-state index contributed by atoms with van der Waals surface area (Å²) in [7, 11) is 0. The van der Waals surface area contributed by atoms with E-state index < -0.39 is 16.1 Å². The number of carbonyl (C=O) groups excluding carboxylic acids is 2. The molecule has 0 bridgehead atoms. The van der Waals surface area contributed by atoms with E-state index >= 15 is 0 Å². The van der Waals surface area contributed by atoms with Crippen molar-refractivity contribution in [2.75, 3.05) is 0 Å². The minimum absolute atomic E-state index is 0.132. The van der Waals surface area contributed by atoms with Gasteiger partial charge in [-0.25, -0.2) is 0 Å². The first-order valence-electron chi connectivity index (χ1n) is 6.13. The van der Waals surface area contributed by atoms with Gasteiger partial charge in [0.2, 0.25) is 0 Å². The Morgan fingerprint density at radius 3 is 2.80 bits per heavy atom. The third kappa shape index (κ3) is 1.70. The van der Waals surface area contributed by atoms with Crippen LogP contribution in [0.15, 0.2) is 23.4 Å². The van der Waals surface area contributed by atoms with E-state index in [0.717, 1.165) is 17.3 Å². The van der Waals surface area contributed by atoms with Crippen molar-refractivity contribution in [2.45, 2.75) is 18.6 Å². The lowest BCUT2D eigenvalue weighted by Gasteiger charge is -2.24. The molecule has 0 spiro atoms. The molecule has 3 rings (SSSR count). The van der Waals surface area contributed by atoms with Crippen molar-refractivity contribution >= 4 is 23.3 Å². The summed E-state index contributed by atoms with van der Waals surface area (Å²) in [6.07, 6.45) is 3.39. The summed E-state index contributed by atoms with van der Waals surface area (Å²) in [5, 5.41) is 9.98. The number of Topliss-reactive ketones (excluding diaryl/α,β-unsaturated/α-hetero) is 2. The van der Waals surface area contributed by atoms with Crippen LogP contribution in [0.4, 0.5) is 0 Å². The molecule has 1 aliphatic heterocycles. The van der Waals surface area contributed by atoms with Crippen LogP contribution >= 0.6 is 11.8 Å². The summed E-state index contributed by atoms with van der Waals surface area (Å²) in [5.41, 5.74) is 1.26. The molecule has 0 amide bonds. The number of hydrogen-bond acceptors (Lipinski definition) is 6. The second kappa shape index (κ2) is 4.52. The largest absolute Gasteiger partial charge is 0.300 e. The van der Waals surface area contributed by atoms with Gasteiger partial charge in [0, 0.05) is 12.3 Å². The Hall–Kier alpha value is -2.02. The van der Waals surface area contributed by atoms with Gasteiger partial charge in [0.05, 0.1) is 21.7 Å². The predicted octanol–water partition coefficient (Wildman–Crippen LogP) is 1.87. The highest BCUT2D eigenvalue weighted by Gasteiger charge is 2.49. The summed E-state index contributed by atoms with van der Waals surface area (Å²) < 4.78 is 0. The van der Waals surface area contributed by atoms with Crippen molar-refractivity contribution in [3.63, 3.8) is 0 Å². The second-order valence-electron chi connectivity index (χ2n) is 4.60. The van der Waals surface area contributed by atoms with Crippen molar-refractivity contribution in [3.05, 3.63) is 50.3 Å². The number of carbonyl (C=O) groups is 2. The van der Waals surface area contributed by atoms with Crippen molar-refractivity contribution in [1.29, 1.82) is 0 Å². The van der Waals surface area contributed by atoms with E-state index in [1.165, 1.54) is 12.3 Å². The molecule has 1 aromatic rings. The van der Waals surface area contributed by atoms with Gasteiger partial charge in [0.15, 0.2) is 11.6 Å². The number of nitro groups is 1. The van der Waals surface area contributed by atoms with E-state index in [1.54, 1.807) is 6.07 Å². The van der Waals surface area contributed by atoms with E-state index in [2.05, 4.69) is 4.98 Å². The highest BCUT2D eigenvalue weighted by Crippen LogP contribution is 2.43. The summed E-state index contributed by atoms with van der Waals surface area (Å²) in [4.78, 5) is 39.2. The van der Waals surface area contributed by atoms with E-state index in [-0.39, 0.29) is 22.3 Å². The first kappa shape index (κ1) is 13.0. The standard InChI is InChI=1S/C13H10N2O4S/c1-2-6-3-4-14-10-9(6)12(17)13-7(11(10)16)5-8(20-13)15(18)19/h3-5,7,13H,2H2,1H3. The number of allylic oxidation sites excluding steroid dienone is 1. The molecule has 20 heavy (non-hydrogen) atoms. The first-order valence-corrected chi connectivity index (χ1v) is 7.01. The zero-order valence-electron chi connectivity index (χ0n) is 10.5. The van der Waals surface area contributed by atoms with Crippen LogP contribution in [0, 0.1) is 16.0 Å². The van der Waals surface area contributed by atoms with Crippen molar-refractivity contribution in [2.24, 2.45) is 5.92 Å². The van der Waals surface area contributed by atoms with Gasteiger partial charge in [-0.2, -0.15) is 0 Å². The van der Waals surface area contributed by atoms with E-state index in [4.69, 9.17) is 0 Å². The van der Waals surface area contributed by atoms with Crippen LogP contribution in [0.2, 0.25) is 0 Å². The van der Waals surface area contributed by atoms with Crippen LogP contribution < -0.4 is 0 Å². The quantitative estimate of drug-likeness (QED) is 0.610. The van der Waals surface area contributed by atoms with Gasteiger partial charge in [0.1, 0.15) is 5.69 Å². The Balaban J connectivity index is 2.13. The lowest BCUT2D eigenvalue weighted by Crippen LogP contribution is -2.37. The van der Waals surface area contributed by atoms with Crippen LogP contribution in [-0.2, 0) is 6.42 Å². The van der Waals surface area contributed by atoms with Crippen LogP contribution in [-0.4, -0.2) is 26.7 Å². The zero-order chi connectivity index (χ0) is 14.4. The molecule has 6 nitrogen and oxygen atoms in total. The molecule has 1 aromatic heterocycles. The number of aromatic nitrogens is 1. The molecule has 1 aliphatic carbocycles. The molecule has 0 saturated carbocycles. The normalized spacial score (nSPS) is 24.1. The topological polar surface area (TPSA) is 90.2 Å². The molecule has 0 radical (unpaired) electrons. The van der Waals surface area contributed by atoms with E-state index in [0.29, 0.717) is 12.0 Å². The lowest BCUT2D eigenvalue weighted by atomic mass is 9.82. The third-order valence-electron chi connectivity index (χ3n) is 3.54. The molecule has 0 fully saturated rings. The average molecular weight is 290 g/mol. The zero-order valence-corrected chi connectivity index (χ0v) is 11.3. The minimum Gasteiger partial charge on any atom is -0.293 e. The molecule has 0 saturated heterocycles. The second-order valence-corrected chi connectivity index (χ2v) is 5.76. The molecule has 0 N–H and O–H groups in total. The smallest absolute Gasteiger partial charge is 0.293 e. The summed E-state index contributed by atoms with van der Waals surface area (Å²) >= 11 is 0.861. The van der Waals surface area contributed by atoms with Gasteiger partial charge in [-0.1, -0.05) is 6.92 Å². The highest BCUT2D eigenvalue weighted by atomic mass is 32.2. The predicted molar refractivity (Wildman–Crippen MR) is 72.2 cm³/mol. The minimum atomic E-state index is -0.764. The van der Waals surface area contributed by atoms with Gasteiger partial charge in [0.25, 0.3) is 0 Å². The van der Waals surface area contributed by atoms with Crippen LogP contribution in [0.3, 0.4) is 0 Å². The number of fused-ring (bicyclic) bond motifs is 2. The van der Waals surface area contributed by atoms with E-state index in [9.17, 15) is 19.7 Å². The Bertz CT molecular complexity index is 683. The number of aryl methyl sites for hydroxylation is 1. The van der Waals surface area contributed by atoms with E-state index in [1.807, 2.05) is 6.92 Å². The van der Waals surface area contributed by atoms with Crippen LogP contribution in [0.5, 0.6) is 0 Å². The monoisotopic (exact) mass is 290 g/mol. The van der Waals surface area contributed by atoms with Crippen LogP contribution in [0.1, 0.15) is 33.3 Å². The Morgan fingerprint density at radius 2 is 2.15 bits per heavy atom. The fourth-order valence-corrected chi connectivity index (χ4v) is 3.72. The molecule has 0 aromatic carbocycles. The van der Waals surface area contributed by atoms with Gasteiger partial charge in [-0.15, -0.1) is 0 Å².